The molecule has 158 valence electrons. The van der Waals surface area contributed by atoms with Crippen molar-refractivity contribution in [2.45, 2.75) is 57.5 Å². The molecular weight excluding hydrogens is 487 g/mol. The van der Waals surface area contributed by atoms with E-state index >= 15 is 0 Å². The number of hydrogen-bond donors (Lipinski definition) is 2. The molecule has 2 N–H and O–H groups in total. The van der Waals surface area contributed by atoms with Gasteiger partial charge >= 0.3 is 0 Å². The van der Waals surface area contributed by atoms with Gasteiger partial charge in [0.05, 0.1) is 11.4 Å². The first-order valence-electron chi connectivity index (χ1n) is 10.0. The highest BCUT2D eigenvalue weighted by Gasteiger charge is 2.33. The summed E-state index contributed by atoms with van der Waals surface area (Å²) in [5.41, 5.74) is 1.00. The van der Waals surface area contributed by atoms with Gasteiger partial charge in [-0.1, -0.05) is 26.0 Å². The van der Waals surface area contributed by atoms with E-state index in [9.17, 15) is 8.42 Å². The number of rotatable bonds is 6. The van der Waals surface area contributed by atoms with Crippen LogP contribution in [-0.2, 0) is 16.6 Å². The van der Waals surface area contributed by atoms with Crippen LogP contribution in [-0.4, -0.2) is 44.4 Å². The number of aliphatic imine (C=N–C) groups is 1. The predicted molar refractivity (Wildman–Crippen MR) is 125 cm³/mol. The maximum absolute atomic E-state index is 12.8. The SMILES string of the molecule is CCNC(=NCc1ccc(S(=O)(=O)N2CCCC(C)C2)cc1)NC1CC1C.I. The Bertz CT molecular complexity index is 767. The number of guanidine groups is 1. The predicted octanol–water partition coefficient (Wildman–Crippen LogP) is 3.19. The summed E-state index contributed by atoms with van der Waals surface area (Å²) < 4.78 is 27.3. The summed E-state index contributed by atoms with van der Waals surface area (Å²) in [6.45, 7) is 8.97. The monoisotopic (exact) mass is 520 g/mol. The van der Waals surface area contributed by atoms with Gasteiger partial charge in [-0.15, -0.1) is 24.0 Å². The van der Waals surface area contributed by atoms with Gasteiger partial charge in [0.15, 0.2) is 5.96 Å². The number of halogens is 1. The number of piperidine rings is 1. The van der Waals surface area contributed by atoms with Crippen LogP contribution in [0.25, 0.3) is 0 Å². The second kappa shape index (κ2) is 10.2. The summed E-state index contributed by atoms with van der Waals surface area (Å²) in [7, 11) is -3.39. The van der Waals surface area contributed by atoms with E-state index in [0.717, 1.165) is 30.9 Å². The lowest BCUT2D eigenvalue weighted by Gasteiger charge is -2.30. The minimum atomic E-state index is -3.39. The molecule has 1 saturated heterocycles. The number of hydrogen-bond acceptors (Lipinski definition) is 3. The first-order chi connectivity index (χ1) is 12.9. The van der Waals surface area contributed by atoms with Crippen LogP contribution in [0.3, 0.4) is 0 Å². The standard InChI is InChI=1S/C20H32N4O2S.HI/c1-4-21-20(23-19-12-16(19)3)22-13-17-7-9-18(10-8-17)27(25,26)24-11-5-6-15(2)14-24;/h7-10,15-16,19H,4-6,11-14H2,1-3H3,(H2,21,22,23);1H. The molecule has 1 aromatic rings. The molecule has 0 spiro atoms. The highest BCUT2D eigenvalue weighted by Crippen LogP contribution is 2.28. The van der Waals surface area contributed by atoms with Gasteiger partial charge in [0.1, 0.15) is 0 Å². The summed E-state index contributed by atoms with van der Waals surface area (Å²) in [6, 6.07) is 7.67. The van der Waals surface area contributed by atoms with Crippen LogP contribution in [0.2, 0.25) is 0 Å². The minimum absolute atomic E-state index is 0. The van der Waals surface area contributed by atoms with Crippen molar-refractivity contribution in [3.8, 4) is 0 Å². The van der Waals surface area contributed by atoms with Crippen molar-refractivity contribution in [2.24, 2.45) is 16.8 Å². The van der Waals surface area contributed by atoms with Crippen LogP contribution in [0.1, 0.15) is 45.6 Å². The quantitative estimate of drug-likeness (QED) is 0.344. The molecule has 0 amide bonds. The third-order valence-electron chi connectivity index (χ3n) is 5.38. The molecule has 6 nitrogen and oxygen atoms in total. The molecule has 0 bridgehead atoms. The largest absolute Gasteiger partial charge is 0.357 e. The number of nitrogens with one attached hydrogen (secondary N) is 2. The van der Waals surface area contributed by atoms with Crippen molar-refractivity contribution in [3.05, 3.63) is 29.8 Å². The van der Waals surface area contributed by atoms with Crippen LogP contribution >= 0.6 is 24.0 Å². The molecule has 3 unspecified atom stereocenters. The molecule has 2 fully saturated rings. The van der Waals surface area contributed by atoms with Gasteiger partial charge in [-0.2, -0.15) is 4.31 Å². The van der Waals surface area contributed by atoms with E-state index in [1.807, 2.05) is 12.1 Å². The molecule has 0 radical (unpaired) electrons. The average molecular weight is 520 g/mol. The number of nitrogens with zero attached hydrogens (tertiary/aromatic N) is 2. The third kappa shape index (κ3) is 6.06. The van der Waals surface area contributed by atoms with Gasteiger partial charge in [0.25, 0.3) is 0 Å². The molecule has 3 rings (SSSR count). The second-order valence-electron chi connectivity index (χ2n) is 7.91. The van der Waals surface area contributed by atoms with E-state index in [1.165, 1.54) is 6.42 Å². The second-order valence-corrected chi connectivity index (χ2v) is 9.85. The van der Waals surface area contributed by atoms with E-state index in [4.69, 9.17) is 0 Å². The smallest absolute Gasteiger partial charge is 0.243 e. The van der Waals surface area contributed by atoms with Gasteiger partial charge in [0.2, 0.25) is 10.0 Å². The van der Waals surface area contributed by atoms with Crippen LogP contribution in [0.4, 0.5) is 0 Å². The fraction of sp³-hybridized carbons (Fsp3) is 0.650. The molecule has 8 heteroatoms. The molecule has 1 aliphatic carbocycles. The lowest BCUT2D eigenvalue weighted by molar-refractivity contribution is 0.281. The Morgan fingerprint density at radius 1 is 1.25 bits per heavy atom. The molecule has 1 saturated carbocycles. The Labute approximate surface area is 186 Å². The van der Waals surface area contributed by atoms with Crippen molar-refractivity contribution >= 4 is 40.0 Å². The Morgan fingerprint density at radius 3 is 2.50 bits per heavy atom. The normalized spacial score (nSPS) is 25.7. The lowest BCUT2D eigenvalue weighted by atomic mass is 10.0. The Hall–Kier alpha value is -0.870. The first kappa shape index (κ1) is 23.4. The Morgan fingerprint density at radius 2 is 1.93 bits per heavy atom. The first-order valence-corrected chi connectivity index (χ1v) is 11.5. The molecule has 1 aromatic carbocycles. The summed E-state index contributed by atoms with van der Waals surface area (Å²) >= 11 is 0. The van der Waals surface area contributed by atoms with E-state index in [1.54, 1.807) is 16.4 Å². The van der Waals surface area contributed by atoms with Crippen molar-refractivity contribution < 1.29 is 8.42 Å². The zero-order chi connectivity index (χ0) is 19.4. The maximum Gasteiger partial charge on any atom is 0.243 e. The number of sulfonamides is 1. The van der Waals surface area contributed by atoms with Crippen molar-refractivity contribution in [3.63, 3.8) is 0 Å². The van der Waals surface area contributed by atoms with E-state index in [0.29, 0.717) is 42.4 Å². The maximum atomic E-state index is 12.8. The van der Waals surface area contributed by atoms with Crippen molar-refractivity contribution in [1.29, 1.82) is 0 Å². The van der Waals surface area contributed by atoms with E-state index in [-0.39, 0.29) is 24.0 Å². The fourth-order valence-electron chi connectivity index (χ4n) is 3.47. The zero-order valence-corrected chi connectivity index (χ0v) is 20.2. The summed E-state index contributed by atoms with van der Waals surface area (Å²) in [4.78, 5) is 5.00. The highest BCUT2D eigenvalue weighted by molar-refractivity contribution is 14.0. The lowest BCUT2D eigenvalue weighted by Crippen LogP contribution is -2.39. The summed E-state index contributed by atoms with van der Waals surface area (Å²) in [5, 5.41) is 6.69. The molecule has 28 heavy (non-hydrogen) atoms. The van der Waals surface area contributed by atoms with Crippen molar-refractivity contribution in [2.75, 3.05) is 19.6 Å². The molecule has 3 atom stereocenters. The molecule has 0 aromatic heterocycles. The summed E-state index contributed by atoms with van der Waals surface area (Å²) in [6.07, 6.45) is 3.23. The van der Waals surface area contributed by atoms with Gasteiger partial charge < -0.3 is 10.6 Å². The highest BCUT2D eigenvalue weighted by atomic mass is 127. The van der Waals surface area contributed by atoms with Gasteiger partial charge in [-0.25, -0.2) is 13.4 Å². The van der Waals surface area contributed by atoms with Crippen LogP contribution in [0.15, 0.2) is 34.2 Å². The molecule has 1 aliphatic heterocycles. The van der Waals surface area contributed by atoms with Gasteiger partial charge in [-0.3, -0.25) is 0 Å². The van der Waals surface area contributed by atoms with E-state index in [2.05, 4.69) is 36.4 Å². The Balaban J connectivity index is 0.00000280. The fourth-order valence-corrected chi connectivity index (χ4v) is 5.07. The molecular formula is C20H33IN4O2S. The zero-order valence-electron chi connectivity index (χ0n) is 17.0. The molecule has 1 heterocycles. The third-order valence-corrected chi connectivity index (χ3v) is 7.26. The number of benzene rings is 1. The molecule has 2 aliphatic rings. The minimum Gasteiger partial charge on any atom is -0.357 e. The van der Waals surface area contributed by atoms with Crippen molar-refractivity contribution in [1.82, 2.24) is 14.9 Å². The Kier molecular flexibility index (Phi) is 8.57. The average Bonchev–Trinajstić information content (AvgIpc) is 3.35. The van der Waals surface area contributed by atoms with Crippen LogP contribution in [0, 0.1) is 11.8 Å². The van der Waals surface area contributed by atoms with Gasteiger partial charge in [-0.05, 0) is 55.7 Å². The van der Waals surface area contributed by atoms with Gasteiger partial charge in [0, 0.05) is 25.7 Å². The van der Waals surface area contributed by atoms with E-state index < -0.39 is 10.0 Å². The topological polar surface area (TPSA) is 73.8 Å². The summed E-state index contributed by atoms with van der Waals surface area (Å²) in [5.74, 6) is 1.95. The van der Waals surface area contributed by atoms with Crippen LogP contribution < -0.4 is 10.6 Å². The van der Waals surface area contributed by atoms with Crippen LogP contribution in [0.5, 0.6) is 0 Å².